The molecule has 9 heteroatoms. The quantitative estimate of drug-likeness (QED) is 0.630. The van der Waals surface area contributed by atoms with Crippen molar-refractivity contribution in [2.24, 2.45) is 0 Å². The van der Waals surface area contributed by atoms with Gasteiger partial charge in [-0.25, -0.2) is 4.79 Å². The fraction of sp³-hybridized carbons (Fsp3) is 0.407. The van der Waals surface area contributed by atoms with Crippen LogP contribution in [0.2, 0.25) is 0 Å². The number of hydrogen-bond acceptors (Lipinski definition) is 5. The van der Waals surface area contributed by atoms with Gasteiger partial charge in [0, 0.05) is 37.0 Å². The van der Waals surface area contributed by atoms with Crippen LogP contribution in [0.1, 0.15) is 58.6 Å². The van der Waals surface area contributed by atoms with Gasteiger partial charge in [-0.2, -0.15) is 0 Å². The number of piperidine rings is 1. The number of amides is 5. The van der Waals surface area contributed by atoms with Crippen LogP contribution in [0, 0.1) is 0 Å². The minimum Gasteiger partial charge on any atom is -0.383 e. The van der Waals surface area contributed by atoms with Crippen LogP contribution in [-0.2, 0) is 27.3 Å². The lowest BCUT2D eigenvalue weighted by Crippen LogP contribution is -2.52. The van der Waals surface area contributed by atoms with Crippen molar-refractivity contribution in [1.82, 2.24) is 10.2 Å². The number of fused-ring (bicyclic) bond motifs is 2. The van der Waals surface area contributed by atoms with Crippen LogP contribution < -0.4 is 15.5 Å². The maximum Gasteiger partial charge on any atom is 0.326 e. The number of carbonyl (C=O) groups excluding carboxylic acids is 4. The lowest BCUT2D eigenvalue weighted by molar-refractivity contribution is -0.136. The fourth-order valence-electron chi connectivity index (χ4n) is 5.78. The number of urea groups is 1. The van der Waals surface area contributed by atoms with Crippen molar-refractivity contribution >= 4 is 35.1 Å². The lowest BCUT2D eigenvalue weighted by atomic mass is 10.00. The fourth-order valence-corrected chi connectivity index (χ4v) is 5.78. The third-order valence-corrected chi connectivity index (χ3v) is 7.62. The number of nitrogens with one attached hydrogen (secondary N) is 2. The first-order valence-electron chi connectivity index (χ1n) is 12.4. The van der Waals surface area contributed by atoms with Gasteiger partial charge in [-0.05, 0) is 72.6 Å². The zero-order valence-electron chi connectivity index (χ0n) is 20.1. The molecule has 2 aromatic carbocycles. The van der Waals surface area contributed by atoms with Crippen LogP contribution in [0.25, 0.3) is 0 Å². The van der Waals surface area contributed by atoms with Gasteiger partial charge in [0.15, 0.2) is 0 Å². The summed E-state index contributed by atoms with van der Waals surface area (Å²) in [5.74, 6) is -0.403. The van der Waals surface area contributed by atoms with Gasteiger partial charge in [-0.1, -0.05) is 12.1 Å². The molecule has 4 aliphatic rings. The summed E-state index contributed by atoms with van der Waals surface area (Å²) < 4.78 is 5.44. The second-order valence-corrected chi connectivity index (χ2v) is 10.0. The van der Waals surface area contributed by atoms with E-state index < -0.39 is 11.9 Å². The van der Waals surface area contributed by atoms with E-state index in [2.05, 4.69) is 16.7 Å². The van der Waals surface area contributed by atoms with Crippen LogP contribution >= 0.6 is 0 Å². The third-order valence-electron chi connectivity index (χ3n) is 7.62. The highest BCUT2D eigenvalue weighted by atomic mass is 16.5. The van der Waals surface area contributed by atoms with Crippen LogP contribution in [0.5, 0.6) is 0 Å². The number of anilines is 2. The van der Waals surface area contributed by atoms with E-state index in [-0.39, 0.29) is 36.9 Å². The Kier molecular flexibility index (Phi) is 5.52. The number of methoxy groups -OCH3 is 1. The van der Waals surface area contributed by atoms with Crippen LogP contribution in [0.15, 0.2) is 36.4 Å². The Morgan fingerprint density at radius 3 is 2.72 bits per heavy atom. The zero-order chi connectivity index (χ0) is 25.0. The molecule has 1 saturated heterocycles. The van der Waals surface area contributed by atoms with Crippen LogP contribution in [-0.4, -0.2) is 54.5 Å². The summed E-state index contributed by atoms with van der Waals surface area (Å²) in [6.07, 6.45) is 3.68. The van der Waals surface area contributed by atoms with Crippen molar-refractivity contribution in [2.45, 2.75) is 56.7 Å². The highest BCUT2D eigenvalue weighted by Crippen LogP contribution is 2.46. The molecular weight excluding hydrogens is 460 g/mol. The smallest absolute Gasteiger partial charge is 0.326 e. The molecule has 1 unspecified atom stereocenters. The van der Waals surface area contributed by atoms with Crippen molar-refractivity contribution in [3.63, 3.8) is 0 Å². The first-order valence-corrected chi connectivity index (χ1v) is 12.4. The molecule has 3 heterocycles. The molecule has 1 saturated carbocycles. The highest BCUT2D eigenvalue weighted by molar-refractivity contribution is 6.07. The molecule has 3 aliphatic heterocycles. The molecule has 9 nitrogen and oxygen atoms in total. The van der Waals surface area contributed by atoms with Crippen LogP contribution in [0.4, 0.5) is 16.2 Å². The molecule has 36 heavy (non-hydrogen) atoms. The second-order valence-electron chi connectivity index (χ2n) is 10.0. The van der Waals surface area contributed by atoms with Gasteiger partial charge in [0.1, 0.15) is 6.04 Å². The Morgan fingerprint density at radius 2 is 1.97 bits per heavy atom. The highest BCUT2D eigenvalue weighted by Gasteiger charge is 2.40. The van der Waals surface area contributed by atoms with E-state index in [1.807, 2.05) is 12.1 Å². The molecule has 186 valence electrons. The molecular formula is C27H28N4O5. The zero-order valence-corrected chi connectivity index (χ0v) is 20.1. The molecule has 5 amide bonds. The summed E-state index contributed by atoms with van der Waals surface area (Å²) in [5, 5.41) is 5.32. The molecule has 2 fully saturated rings. The van der Waals surface area contributed by atoms with Crippen molar-refractivity contribution in [3.8, 4) is 0 Å². The summed E-state index contributed by atoms with van der Waals surface area (Å²) in [7, 11) is 1.65. The Balaban J connectivity index is 1.22. The van der Waals surface area contributed by atoms with Gasteiger partial charge >= 0.3 is 6.03 Å². The molecule has 6 rings (SSSR count). The molecule has 0 radical (unpaired) electrons. The Morgan fingerprint density at radius 1 is 1.14 bits per heavy atom. The summed E-state index contributed by atoms with van der Waals surface area (Å²) in [5.41, 5.74) is 5.34. The van der Waals surface area contributed by atoms with E-state index in [1.165, 1.54) is 28.9 Å². The van der Waals surface area contributed by atoms with E-state index >= 15 is 0 Å². The third kappa shape index (κ3) is 3.83. The number of imide groups is 1. The average molecular weight is 489 g/mol. The molecule has 2 N–H and O–H groups in total. The van der Waals surface area contributed by atoms with Crippen molar-refractivity contribution in [3.05, 3.63) is 58.7 Å². The lowest BCUT2D eigenvalue weighted by Gasteiger charge is -2.29. The number of rotatable bonds is 5. The van der Waals surface area contributed by atoms with E-state index in [9.17, 15) is 19.2 Å². The van der Waals surface area contributed by atoms with Crippen molar-refractivity contribution in [1.29, 1.82) is 0 Å². The van der Waals surface area contributed by atoms with E-state index in [4.69, 9.17) is 4.74 Å². The van der Waals surface area contributed by atoms with Gasteiger partial charge in [0.25, 0.3) is 5.91 Å². The maximum atomic E-state index is 13.5. The van der Waals surface area contributed by atoms with Crippen molar-refractivity contribution in [2.75, 3.05) is 23.9 Å². The molecule has 0 bridgehead atoms. The normalized spacial score (nSPS) is 23.0. The predicted molar refractivity (Wildman–Crippen MR) is 132 cm³/mol. The second kappa shape index (κ2) is 8.74. The monoisotopic (exact) mass is 488 g/mol. The van der Waals surface area contributed by atoms with Crippen molar-refractivity contribution < 1.29 is 23.9 Å². The number of benzene rings is 2. The summed E-state index contributed by atoms with van der Waals surface area (Å²) in [6, 6.07) is 10.4. The molecule has 2 aromatic rings. The van der Waals surface area contributed by atoms with Gasteiger partial charge < -0.3 is 15.0 Å². The maximum absolute atomic E-state index is 13.5. The molecule has 1 aliphatic carbocycles. The molecule has 0 spiro atoms. The van der Waals surface area contributed by atoms with Gasteiger partial charge in [-0.15, -0.1) is 0 Å². The van der Waals surface area contributed by atoms with Crippen LogP contribution in [0.3, 0.4) is 0 Å². The van der Waals surface area contributed by atoms with E-state index in [0.29, 0.717) is 30.2 Å². The Hall–Kier alpha value is -3.72. The number of nitrogens with zero attached hydrogens (tertiary/aromatic N) is 2. The summed E-state index contributed by atoms with van der Waals surface area (Å²) in [6.45, 7) is 0.694. The summed E-state index contributed by atoms with van der Waals surface area (Å²) in [4.78, 5) is 53.6. The number of carbonyl (C=O) groups is 4. The molecule has 2 atom stereocenters. The van der Waals surface area contributed by atoms with E-state index in [1.54, 1.807) is 30.2 Å². The molecule has 0 aromatic heterocycles. The Labute approximate surface area is 208 Å². The largest absolute Gasteiger partial charge is 0.383 e. The first kappa shape index (κ1) is 22.7. The van der Waals surface area contributed by atoms with Gasteiger partial charge in [-0.3, -0.25) is 24.6 Å². The Bertz CT molecular complexity index is 1290. The minimum absolute atomic E-state index is 0.0936. The van der Waals surface area contributed by atoms with E-state index in [0.717, 1.165) is 17.7 Å². The number of hydrogen-bond donors (Lipinski definition) is 2. The van der Waals surface area contributed by atoms with Gasteiger partial charge in [0.05, 0.1) is 12.6 Å². The summed E-state index contributed by atoms with van der Waals surface area (Å²) >= 11 is 0. The van der Waals surface area contributed by atoms with Gasteiger partial charge in [0.2, 0.25) is 11.8 Å². The number of ether oxygens (including phenoxy) is 1. The average Bonchev–Trinajstić information content (AvgIpc) is 3.55. The predicted octanol–water partition coefficient (Wildman–Crippen LogP) is 2.93. The SMILES string of the molecule is COC[C@H]1Cc2c(C3CC3)cccc2N1C(=O)Nc1ccc2c(c1)CN(C1CCC(=O)NC1=O)C2=O. The standard InChI is InChI=1S/C27H28N4O5/c1-36-14-18-12-21-19(15-5-6-15)3-2-4-22(21)31(18)27(35)28-17-7-8-20-16(11-17)13-30(26(20)34)23-9-10-24(32)29-25(23)33/h2-4,7-8,11,15,18,23H,5-6,9-10,12-14H2,1H3,(H,28,35)(H,29,32,33)/t18-,23?/m1/s1. The first-order chi connectivity index (χ1) is 17.4. The minimum atomic E-state index is -0.669. The topological polar surface area (TPSA) is 108 Å².